The lowest BCUT2D eigenvalue weighted by Crippen LogP contribution is -2.16. The molecule has 7 heteroatoms. The molecule has 110 valence electrons. The van der Waals surface area contributed by atoms with E-state index < -0.39 is 5.97 Å². The van der Waals surface area contributed by atoms with Gasteiger partial charge in [-0.05, 0) is 26.0 Å². The number of anilines is 1. The molecule has 0 atom stereocenters. The first-order valence-corrected chi connectivity index (χ1v) is 7.19. The van der Waals surface area contributed by atoms with Crippen LogP contribution in [0.4, 0.5) is 5.82 Å². The van der Waals surface area contributed by atoms with Gasteiger partial charge in [0.1, 0.15) is 5.82 Å². The van der Waals surface area contributed by atoms with Crippen molar-refractivity contribution in [2.24, 2.45) is 0 Å². The van der Waals surface area contributed by atoms with Crippen LogP contribution in [0.3, 0.4) is 0 Å². The standard InChI is InChI=1S/C14H15N3O3S/c1-9(2)17-12(5-6-15-17)16-14(20)10-7-11(21-8-10)3-4-13(18)19/h3-9H,1-2H3,(H,16,20)(H,18,19). The molecular formula is C14H15N3O3S. The Morgan fingerprint density at radius 2 is 2.24 bits per heavy atom. The predicted molar refractivity (Wildman–Crippen MR) is 81.6 cm³/mol. The van der Waals surface area contributed by atoms with Gasteiger partial charge in [0.15, 0.2) is 0 Å². The van der Waals surface area contributed by atoms with E-state index >= 15 is 0 Å². The summed E-state index contributed by atoms with van der Waals surface area (Å²) in [6.45, 7) is 3.95. The molecule has 2 heterocycles. The minimum absolute atomic E-state index is 0.145. The maximum Gasteiger partial charge on any atom is 0.328 e. The number of rotatable bonds is 5. The van der Waals surface area contributed by atoms with Crippen molar-refractivity contribution in [3.63, 3.8) is 0 Å². The number of carboxylic acid groups (broad SMARTS) is 1. The maximum atomic E-state index is 12.2. The number of carbonyl (C=O) groups is 2. The van der Waals surface area contributed by atoms with Gasteiger partial charge in [0.25, 0.3) is 5.91 Å². The van der Waals surface area contributed by atoms with E-state index in [2.05, 4.69) is 10.4 Å². The Labute approximate surface area is 125 Å². The van der Waals surface area contributed by atoms with Gasteiger partial charge in [-0.25, -0.2) is 9.48 Å². The summed E-state index contributed by atoms with van der Waals surface area (Å²) >= 11 is 1.31. The first kappa shape index (κ1) is 15.0. The Morgan fingerprint density at radius 3 is 2.90 bits per heavy atom. The van der Waals surface area contributed by atoms with Crippen LogP contribution in [0.15, 0.2) is 29.8 Å². The van der Waals surface area contributed by atoms with E-state index in [-0.39, 0.29) is 11.9 Å². The molecule has 0 aromatic carbocycles. The van der Waals surface area contributed by atoms with Crippen molar-refractivity contribution in [1.29, 1.82) is 0 Å². The fourth-order valence-electron chi connectivity index (χ4n) is 1.73. The molecule has 0 bridgehead atoms. The number of nitrogens with one attached hydrogen (secondary N) is 1. The Bertz CT molecular complexity index is 685. The number of amides is 1. The SMILES string of the molecule is CC(C)n1nccc1NC(=O)c1csc(C=CC(=O)O)c1. The Kier molecular flexibility index (Phi) is 4.54. The number of carboxylic acids is 1. The largest absolute Gasteiger partial charge is 0.478 e. The van der Waals surface area contributed by atoms with Gasteiger partial charge in [-0.3, -0.25) is 4.79 Å². The van der Waals surface area contributed by atoms with Gasteiger partial charge in [0.2, 0.25) is 0 Å². The van der Waals surface area contributed by atoms with Gasteiger partial charge in [-0.1, -0.05) is 0 Å². The third-order valence-corrected chi connectivity index (χ3v) is 3.57. The topological polar surface area (TPSA) is 84.2 Å². The first-order valence-electron chi connectivity index (χ1n) is 6.32. The van der Waals surface area contributed by atoms with Gasteiger partial charge in [-0.2, -0.15) is 5.10 Å². The van der Waals surface area contributed by atoms with Gasteiger partial charge in [-0.15, -0.1) is 11.3 Å². The van der Waals surface area contributed by atoms with Crippen molar-refractivity contribution in [3.05, 3.63) is 40.2 Å². The van der Waals surface area contributed by atoms with Crippen molar-refractivity contribution in [2.45, 2.75) is 19.9 Å². The molecule has 2 aromatic rings. The van der Waals surface area contributed by atoms with E-state index in [4.69, 9.17) is 5.11 Å². The van der Waals surface area contributed by atoms with Crippen molar-refractivity contribution in [1.82, 2.24) is 9.78 Å². The zero-order valence-corrected chi connectivity index (χ0v) is 12.4. The van der Waals surface area contributed by atoms with E-state index in [0.717, 1.165) is 6.08 Å². The molecule has 0 fully saturated rings. The second-order valence-electron chi connectivity index (χ2n) is 4.62. The lowest BCUT2D eigenvalue weighted by atomic mass is 10.3. The van der Waals surface area contributed by atoms with Gasteiger partial charge < -0.3 is 10.4 Å². The van der Waals surface area contributed by atoms with Crippen LogP contribution >= 0.6 is 11.3 Å². The average Bonchev–Trinajstić information content (AvgIpc) is 3.04. The minimum atomic E-state index is -1.02. The lowest BCUT2D eigenvalue weighted by molar-refractivity contribution is -0.131. The molecule has 2 rings (SSSR count). The van der Waals surface area contributed by atoms with Crippen molar-refractivity contribution >= 4 is 35.1 Å². The molecule has 0 saturated carbocycles. The molecular weight excluding hydrogens is 290 g/mol. The highest BCUT2D eigenvalue weighted by molar-refractivity contribution is 7.11. The number of hydrogen-bond donors (Lipinski definition) is 2. The van der Waals surface area contributed by atoms with E-state index in [1.54, 1.807) is 28.4 Å². The average molecular weight is 305 g/mol. The molecule has 0 unspecified atom stereocenters. The van der Waals surface area contributed by atoms with Crippen molar-refractivity contribution in [2.75, 3.05) is 5.32 Å². The Morgan fingerprint density at radius 1 is 1.48 bits per heavy atom. The monoisotopic (exact) mass is 305 g/mol. The van der Waals surface area contributed by atoms with Crippen molar-refractivity contribution in [3.8, 4) is 0 Å². The fraction of sp³-hybridized carbons (Fsp3) is 0.214. The molecule has 0 aliphatic heterocycles. The molecule has 2 aromatic heterocycles. The zero-order chi connectivity index (χ0) is 15.4. The van der Waals surface area contributed by atoms with Crippen molar-refractivity contribution < 1.29 is 14.7 Å². The summed E-state index contributed by atoms with van der Waals surface area (Å²) in [6.07, 6.45) is 4.13. The van der Waals surface area contributed by atoms with Crippen LogP contribution in [0, 0.1) is 0 Å². The molecule has 0 saturated heterocycles. The number of aliphatic carboxylic acids is 1. The molecule has 0 aliphatic carbocycles. The van der Waals surface area contributed by atoms with Crippen LogP contribution in [-0.2, 0) is 4.79 Å². The smallest absolute Gasteiger partial charge is 0.328 e. The molecule has 21 heavy (non-hydrogen) atoms. The highest BCUT2D eigenvalue weighted by Gasteiger charge is 2.12. The van der Waals surface area contributed by atoms with Gasteiger partial charge in [0.05, 0.1) is 11.8 Å². The number of hydrogen-bond acceptors (Lipinski definition) is 4. The zero-order valence-electron chi connectivity index (χ0n) is 11.6. The van der Waals surface area contributed by atoms with Crippen LogP contribution in [0.25, 0.3) is 6.08 Å². The number of nitrogens with zero attached hydrogens (tertiary/aromatic N) is 2. The minimum Gasteiger partial charge on any atom is -0.478 e. The molecule has 0 aliphatic rings. The summed E-state index contributed by atoms with van der Waals surface area (Å²) in [5.41, 5.74) is 0.488. The van der Waals surface area contributed by atoms with Crippen LogP contribution in [0.2, 0.25) is 0 Å². The number of aromatic nitrogens is 2. The lowest BCUT2D eigenvalue weighted by Gasteiger charge is -2.11. The van der Waals surface area contributed by atoms with Crippen LogP contribution in [0.1, 0.15) is 35.1 Å². The second-order valence-corrected chi connectivity index (χ2v) is 5.56. The molecule has 0 spiro atoms. The van der Waals surface area contributed by atoms with Gasteiger partial charge in [0, 0.05) is 28.4 Å². The second kappa shape index (κ2) is 6.36. The van der Waals surface area contributed by atoms with E-state index in [1.165, 1.54) is 17.4 Å². The van der Waals surface area contributed by atoms with E-state index in [9.17, 15) is 9.59 Å². The number of carbonyl (C=O) groups excluding carboxylic acids is 1. The Hall–Kier alpha value is -2.41. The van der Waals surface area contributed by atoms with E-state index in [0.29, 0.717) is 16.3 Å². The summed E-state index contributed by atoms with van der Waals surface area (Å²) in [5.74, 6) is -0.636. The summed E-state index contributed by atoms with van der Waals surface area (Å²) in [5, 5.41) is 17.2. The summed E-state index contributed by atoms with van der Waals surface area (Å²) in [6, 6.07) is 3.53. The highest BCUT2D eigenvalue weighted by Crippen LogP contribution is 2.19. The fourth-order valence-corrected chi connectivity index (χ4v) is 2.51. The quantitative estimate of drug-likeness (QED) is 0.832. The summed E-state index contributed by atoms with van der Waals surface area (Å²) in [7, 11) is 0. The Balaban J connectivity index is 2.10. The molecule has 1 amide bonds. The highest BCUT2D eigenvalue weighted by atomic mass is 32.1. The normalized spacial score (nSPS) is 11.2. The number of thiophene rings is 1. The van der Waals surface area contributed by atoms with Gasteiger partial charge >= 0.3 is 5.97 Å². The van der Waals surface area contributed by atoms with E-state index in [1.807, 2.05) is 13.8 Å². The third-order valence-electron chi connectivity index (χ3n) is 2.67. The summed E-state index contributed by atoms with van der Waals surface area (Å²) < 4.78 is 1.72. The summed E-state index contributed by atoms with van der Waals surface area (Å²) in [4.78, 5) is 23.3. The predicted octanol–water partition coefficient (Wildman–Crippen LogP) is 2.88. The molecule has 2 N–H and O–H groups in total. The molecule has 6 nitrogen and oxygen atoms in total. The van der Waals surface area contributed by atoms with Crippen LogP contribution in [-0.4, -0.2) is 26.8 Å². The van der Waals surface area contributed by atoms with Crippen LogP contribution < -0.4 is 5.32 Å². The molecule has 0 radical (unpaired) electrons. The third kappa shape index (κ3) is 3.79. The first-order chi connectivity index (χ1) is 9.97. The maximum absolute atomic E-state index is 12.2. The van der Waals surface area contributed by atoms with Crippen LogP contribution in [0.5, 0.6) is 0 Å².